The van der Waals surface area contributed by atoms with Gasteiger partial charge < -0.3 is 0 Å². The molecule has 1 rings (SSSR count). The Bertz CT molecular complexity index is 464. The van der Waals surface area contributed by atoms with E-state index in [-0.39, 0.29) is 12.0 Å². The zero-order valence-electron chi connectivity index (χ0n) is 9.37. The molecule has 0 amide bonds. The van der Waals surface area contributed by atoms with Gasteiger partial charge in [0.2, 0.25) is 0 Å². The van der Waals surface area contributed by atoms with Crippen molar-refractivity contribution in [2.24, 2.45) is 0 Å². The van der Waals surface area contributed by atoms with Crippen LogP contribution in [0.1, 0.15) is 19.4 Å². The number of rotatable bonds is 4. The van der Waals surface area contributed by atoms with E-state index < -0.39 is 26.8 Å². The summed E-state index contributed by atoms with van der Waals surface area (Å²) in [6, 6.07) is 3.76. The predicted molar refractivity (Wildman–Crippen MR) is 58.2 cm³/mol. The van der Waals surface area contributed by atoms with Crippen LogP contribution in [0.3, 0.4) is 0 Å². The summed E-state index contributed by atoms with van der Waals surface area (Å²) in [7, 11) is 0. The Morgan fingerprint density at radius 2 is 1.76 bits per heavy atom. The van der Waals surface area contributed by atoms with Crippen molar-refractivity contribution in [1.29, 1.82) is 0 Å². The third-order valence-corrected chi connectivity index (χ3v) is 2.09. The second kappa shape index (κ2) is 4.46. The fourth-order valence-electron chi connectivity index (χ4n) is 1.54. The highest BCUT2D eigenvalue weighted by molar-refractivity contribution is 5.57. The van der Waals surface area contributed by atoms with Crippen LogP contribution in [-0.2, 0) is 11.5 Å². The van der Waals surface area contributed by atoms with E-state index in [4.69, 9.17) is 0 Å². The summed E-state index contributed by atoms with van der Waals surface area (Å²) < 4.78 is 0. The molecule has 0 aliphatic heterocycles. The summed E-state index contributed by atoms with van der Waals surface area (Å²) in [5.74, 6) is 0. The minimum atomic E-state index is -1.42. The third kappa shape index (κ3) is 3.22. The molecule has 0 saturated carbocycles. The van der Waals surface area contributed by atoms with Crippen molar-refractivity contribution in [2.45, 2.75) is 25.9 Å². The molecule has 0 atom stereocenters. The van der Waals surface area contributed by atoms with Crippen LogP contribution < -0.4 is 0 Å². The second-order valence-electron chi connectivity index (χ2n) is 4.24. The van der Waals surface area contributed by atoms with Crippen molar-refractivity contribution in [3.8, 4) is 0 Å². The Morgan fingerprint density at radius 1 is 1.18 bits per heavy atom. The van der Waals surface area contributed by atoms with E-state index in [2.05, 4.69) is 0 Å². The topological polar surface area (TPSA) is 106 Å². The molecule has 0 spiro atoms. The van der Waals surface area contributed by atoms with Crippen molar-refractivity contribution >= 4 is 11.4 Å². The van der Waals surface area contributed by atoms with Crippen LogP contribution >= 0.6 is 0 Å². The molecule has 0 N–H and O–H groups in total. The van der Waals surface area contributed by atoms with E-state index in [0.717, 1.165) is 6.07 Å². The van der Waals surface area contributed by atoms with Gasteiger partial charge in [0.15, 0.2) is 0 Å². The molecule has 0 bridgehead atoms. The molecule has 0 fully saturated rings. The zero-order chi connectivity index (χ0) is 13.2. The minimum absolute atomic E-state index is 0.0872. The van der Waals surface area contributed by atoms with Gasteiger partial charge in [-0.2, -0.15) is 0 Å². The molecule has 1 aromatic rings. The van der Waals surface area contributed by atoms with Crippen LogP contribution in [0.4, 0.5) is 11.4 Å². The summed E-state index contributed by atoms with van der Waals surface area (Å²) in [6.45, 7) is 2.74. The van der Waals surface area contributed by atoms with Crippen molar-refractivity contribution in [3.05, 3.63) is 44.0 Å². The highest BCUT2D eigenvalue weighted by Gasteiger charge is 2.30. The highest BCUT2D eigenvalue weighted by atomic mass is 16.6. The van der Waals surface area contributed by atoms with E-state index in [9.17, 15) is 25.3 Å². The number of para-hydroxylation sites is 1. The van der Waals surface area contributed by atoms with Crippen LogP contribution in [0.25, 0.3) is 0 Å². The first-order valence-electron chi connectivity index (χ1n) is 4.83. The summed E-state index contributed by atoms with van der Waals surface area (Å²) in [6.07, 6.45) is -0.134. The van der Waals surface area contributed by atoms with Gasteiger partial charge in [-0.15, -0.1) is 0 Å². The Morgan fingerprint density at radius 3 is 2.18 bits per heavy atom. The molecular weight excluding hydrogens is 228 g/mol. The SMILES string of the molecule is CC(C)([O])Cc1cccc([N+](=O)[O-])c1[N+](=O)[O-]. The maximum atomic E-state index is 11.5. The molecule has 0 unspecified atom stereocenters. The van der Waals surface area contributed by atoms with E-state index >= 15 is 0 Å². The Hall–Kier alpha value is -2.02. The Labute approximate surface area is 97.0 Å². The van der Waals surface area contributed by atoms with Crippen LogP contribution in [0.15, 0.2) is 18.2 Å². The molecule has 1 radical (unpaired) electrons. The number of nitro benzene ring substituents is 2. The van der Waals surface area contributed by atoms with Gasteiger partial charge in [-0.1, -0.05) is 12.1 Å². The van der Waals surface area contributed by atoms with Gasteiger partial charge in [0.1, 0.15) is 5.60 Å². The summed E-state index contributed by atoms with van der Waals surface area (Å²) in [4.78, 5) is 19.9. The quantitative estimate of drug-likeness (QED) is 0.593. The van der Waals surface area contributed by atoms with E-state index in [1.807, 2.05) is 0 Å². The first-order valence-corrected chi connectivity index (χ1v) is 4.83. The molecular formula is C10H11N2O5. The summed E-state index contributed by atoms with van der Waals surface area (Å²) >= 11 is 0. The van der Waals surface area contributed by atoms with Crippen LogP contribution in [0.2, 0.25) is 0 Å². The lowest BCUT2D eigenvalue weighted by Gasteiger charge is -2.13. The van der Waals surface area contributed by atoms with Crippen molar-refractivity contribution in [2.75, 3.05) is 0 Å². The van der Waals surface area contributed by atoms with Crippen LogP contribution in [-0.4, -0.2) is 15.4 Å². The van der Waals surface area contributed by atoms with Gasteiger partial charge in [-0.25, -0.2) is 5.11 Å². The largest absolute Gasteiger partial charge is 0.349 e. The zero-order valence-corrected chi connectivity index (χ0v) is 9.37. The standard InChI is InChI=1S/C10H11N2O5/c1-10(2,13)6-7-4-3-5-8(11(14)15)9(7)12(16)17/h3-5H,6H2,1-2H3. The molecule has 1 aromatic carbocycles. The fourth-order valence-corrected chi connectivity index (χ4v) is 1.54. The molecule has 91 valence electrons. The average molecular weight is 239 g/mol. The Kier molecular flexibility index (Phi) is 3.42. The number of hydrogen-bond donors (Lipinski definition) is 0. The van der Waals surface area contributed by atoms with Crippen molar-refractivity contribution in [3.63, 3.8) is 0 Å². The lowest BCUT2D eigenvalue weighted by atomic mass is 9.97. The van der Waals surface area contributed by atoms with Crippen molar-refractivity contribution in [1.82, 2.24) is 0 Å². The summed E-state index contributed by atoms with van der Waals surface area (Å²) in [5, 5.41) is 33.0. The predicted octanol–water partition coefficient (Wildman–Crippen LogP) is 2.25. The van der Waals surface area contributed by atoms with Gasteiger partial charge in [0, 0.05) is 18.1 Å². The lowest BCUT2D eigenvalue weighted by molar-refractivity contribution is -0.423. The van der Waals surface area contributed by atoms with Gasteiger partial charge in [-0.05, 0) is 13.8 Å². The smallest absolute Gasteiger partial charge is 0.258 e. The number of benzene rings is 1. The van der Waals surface area contributed by atoms with Gasteiger partial charge in [0.05, 0.1) is 9.85 Å². The van der Waals surface area contributed by atoms with Gasteiger partial charge in [0.25, 0.3) is 0 Å². The fraction of sp³-hybridized carbons (Fsp3) is 0.400. The van der Waals surface area contributed by atoms with Gasteiger partial charge in [-0.3, -0.25) is 20.2 Å². The molecule has 0 heterocycles. The van der Waals surface area contributed by atoms with Crippen molar-refractivity contribution < 1.29 is 15.0 Å². The number of hydrogen-bond acceptors (Lipinski definition) is 4. The molecule has 0 saturated heterocycles. The number of nitro groups is 2. The van der Waals surface area contributed by atoms with Crippen LogP contribution in [0, 0.1) is 20.2 Å². The maximum Gasteiger partial charge on any atom is 0.349 e. The monoisotopic (exact) mass is 239 g/mol. The Balaban J connectivity index is 3.35. The first kappa shape index (κ1) is 13.0. The average Bonchev–Trinajstić information content (AvgIpc) is 2.14. The van der Waals surface area contributed by atoms with Crippen LogP contribution in [0.5, 0.6) is 0 Å². The van der Waals surface area contributed by atoms with Gasteiger partial charge >= 0.3 is 11.4 Å². The lowest BCUT2D eigenvalue weighted by Crippen LogP contribution is -2.20. The minimum Gasteiger partial charge on any atom is -0.258 e. The molecule has 0 aliphatic carbocycles. The first-order chi connectivity index (χ1) is 7.72. The second-order valence-corrected chi connectivity index (χ2v) is 4.24. The molecule has 7 heteroatoms. The highest BCUT2D eigenvalue weighted by Crippen LogP contribution is 2.32. The van der Waals surface area contributed by atoms with E-state index in [1.54, 1.807) is 0 Å². The molecule has 17 heavy (non-hydrogen) atoms. The van der Waals surface area contributed by atoms with E-state index in [1.165, 1.54) is 26.0 Å². The third-order valence-electron chi connectivity index (χ3n) is 2.09. The maximum absolute atomic E-state index is 11.5. The number of nitrogens with zero attached hydrogens (tertiary/aromatic N) is 2. The normalized spacial score (nSPS) is 11.2. The van der Waals surface area contributed by atoms with E-state index in [0.29, 0.717) is 0 Å². The molecule has 0 aliphatic rings. The molecule has 0 aromatic heterocycles. The molecule has 7 nitrogen and oxygen atoms in total. The summed E-state index contributed by atoms with van der Waals surface area (Å²) in [5.41, 5.74) is -2.51.